The normalized spacial score (nSPS) is 20.9. The molecule has 40 heavy (non-hydrogen) atoms. The van der Waals surface area contributed by atoms with Crippen molar-refractivity contribution >= 4 is 39.4 Å². The number of hydrogen-bond acceptors (Lipinski definition) is 6. The summed E-state index contributed by atoms with van der Waals surface area (Å²) >= 11 is 6.44. The number of nitrogens with two attached hydrogens (primary N) is 1. The quantitative estimate of drug-likeness (QED) is 0.298. The van der Waals surface area contributed by atoms with Crippen molar-refractivity contribution in [2.45, 2.75) is 57.3 Å². The number of anilines is 1. The molecular formula is C31H35ClN8. The fraction of sp³-hybridized carbons (Fsp3) is 0.387. The number of likely N-dealkylation sites (tertiary alicyclic amines) is 1. The Labute approximate surface area is 239 Å². The second-order valence-electron chi connectivity index (χ2n) is 11.3. The van der Waals surface area contributed by atoms with Crippen molar-refractivity contribution in [3.63, 3.8) is 0 Å². The number of hydrogen-bond donors (Lipinski definition) is 2. The van der Waals surface area contributed by atoms with Crippen LogP contribution in [0.5, 0.6) is 0 Å². The maximum absolute atomic E-state index is 6.47. The van der Waals surface area contributed by atoms with Gasteiger partial charge in [0.05, 0.1) is 11.4 Å². The number of rotatable bonds is 5. The number of piperidine rings is 2. The lowest BCUT2D eigenvalue weighted by Crippen LogP contribution is -2.50. The lowest BCUT2D eigenvalue weighted by molar-refractivity contribution is 0.0627. The number of nitrogens with one attached hydrogen (secondary N) is 1. The van der Waals surface area contributed by atoms with Crippen molar-refractivity contribution in [1.82, 2.24) is 34.5 Å². The van der Waals surface area contributed by atoms with Crippen LogP contribution < -0.4 is 11.1 Å². The molecule has 0 saturated carbocycles. The van der Waals surface area contributed by atoms with E-state index in [2.05, 4.69) is 72.9 Å². The average molecular weight is 555 g/mol. The van der Waals surface area contributed by atoms with Gasteiger partial charge in [0.1, 0.15) is 17.8 Å². The summed E-state index contributed by atoms with van der Waals surface area (Å²) in [7, 11) is 0. The van der Waals surface area contributed by atoms with Gasteiger partial charge in [0.2, 0.25) is 0 Å². The van der Waals surface area contributed by atoms with Crippen molar-refractivity contribution < 1.29 is 0 Å². The topological polar surface area (TPSA) is 89.8 Å². The standard InChI is InChI=1S/C31H35ClN8/c1-20-16-25(11-15-39(20)24-8-12-34-13-9-24)40-31-28(30(33)35-19-36-31)29(37-40)22-6-7-27-21(17-22)10-14-38(27)18-23-4-2-3-5-26(23)32/h2-7,10,14,17,19-20,24-25,34H,8-9,11-13,15-16,18H2,1H3,(H2,33,35,36). The molecule has 2 fully saturated rings. The monoisotopic (exact) mass is 554 g/mol. The zero-order valence-electron chi connectivity index (χ0n) is 22.8. The first-order valence-electron chi connectivity index (χ1n) is 14.3. The van der Waals surface area contributed by atoms with Crippen molar-refractivity contribution in [3.05, 3.63) is 71.6 Å². The molecule has 0 radical (unpaired) electrons. The largest absolute Gasteiger partial charge is 0.383 e. The number of benzene rings is 2. The van der Waals surface area contributed by atoms with Crippen LogP contribution in [-0.4, -0.2) is 60.9 Å². The van der Waals surface area contributed by atoms with Crippen molar-refractivity contribution in [1.29, 1.82) is 0 Å². The molecule has 0 bridgehead atoms. The van der Waals surface area contributed by atoms with E-state index in [9.17, 15) is 0 Å². The molecule has 9 heteroatoms. The zero-order chi connectivity index (χ0) is 27.2. The van der Waals surface area contributed by atoms with Gasteiger partial charge in [-0.25, -0.2) is 14.6 Å². The summed E-state index contributed by atoms with van der Waals surface area (Å²) in [6.45, 7) is 6.40. The van der Waals surface area contributed by atoms with Crippen LogP contribution in [-0.2, 0) is 6.54 Å². The first-order valence-corrected chi connectivity index (χ1v) is 14.7. The number of nitrogens with zero attached hydrogens (tertiary/aromatic N) is 6. The van der Waals surface area contributed by atoms with Crippen molar-refractivity contribution in [3.8, 4) is 11.3 Å². The molecule has 2 aliphatic heterocycles. The van der Waals surface area contributed by atoms with E-state index in [1.54, 1.807) is 6.33 Å². The molecule has 2 aliphatic rings. The summed E-state index contributed by atoms with van der Waals surface area (Å²) in [6.07, 6.45) is 8.24. The van der Waals surface area contributed by atoms with E-state index in [1.165, 1.54) is 12.8 Å². The van der Waals surface area contributed by atoms with Gasteiger partial charge in [0, 0.05) is 52.9 Å². The minimum atomic E-state index is 0.277. The van der Waals surface area contributed by atoms with Gasteiger partial charge in [0.25, 0.3) is 0 Å². The third-order valence-corrected chi connectivity index (χ3v) is 9.25. The predicted octanol–water partition coefficient (Wildman–Crippen LogP) is 5.51. The SMILES string of the molecule is CC1CC(n2nc(-c3ccc4c(ccn4Cc4ccccc4Cl)c3)c3c(N)ncnc32)CCN1C1CCNCC1. The highest BCUT2D eigenvalue weighted by atomic mass is 35.5. The Morgan fingerprint density at radius 1 is 1.02 bits per heavy atom. The lowest BCUT2D eigenvalue weighted by Gasteiger charge is -2.44. The van der Waals surface area contributed by atoms with Crippen LogP contribution in [0.4, 0.5) is 5.82 Å². The second-order valence-corrected chi connectivity index (χ2v) is 11.7. The molecule has 5 heterocycles. The molecule has 0 amide bonds. The highest BCUT2D eigenvalue weighted by Gasteiger charge is 2.33. The van der Waals surface area contributed by atoms with E-state index in [-0.39, 0.29) is 6.04 Å². The molecule has 8 nitrogen and oxygen atoms in total. The Morgan fingerprint density at radius 2 is 1.88 bits per heavy atom. The smallest absolute Gasteiger partial charge is 0.164 e. The fourth-order valence-electron chi connectivity index (χ4n) is 6.82. The van der Waals surface area contributed by atoms with E-state index < -0.39 is 0 Å². The average Bonchev–Trinajstić information content (AvgIpc) is 3.57. The van der Waals surface area contributed by atoms with Crippen LogP contribution in [0.3, 0.4) is 0 Å². The minimum absolute atomic E-state index is 0.277. The highest BCUT2D eigenvalue weighted by Crippen LogP contribution is 2.37. The molecule has 0 spiro atoms. The van der Waals surface area contributed by atoms with Gasteiger partial charge in [0.15, 0.2) is 5.65 Å². The Kier molecular flexibility index (Phi) is 6.70. The van der Waals surface area contributed by atoms with Gasteiger partial charge in [-0.2, -0.15) is 5.10 Å². The predicted molar refractivity (Wildman–Crippen MR) is 162 cm³/mol. The van der Waals surface area contributed by atoms with Crippen LogP contribution in [0.15, 0.2) is 61.1 Å². The minimum Gasteiger partial charge on any atom is -0.383 e. The Bertz CT molecular complexity index is 1670. The number of nitrogen functional groups attached to an aromatic ring is 1. The van der Waals surface area contributed by atoms with E-state index in [1.807, 2.05) is 18.2 Å². The molecule has 7 rings (SSSR count). The third-order valence-electron chi connectivity index (χ3n) is 8.88. The van der Waals surface area contributed by atoms with E-state index in [0.29, 0.717) is 17.9 Å². The highest BCUT2D eigenvalue weighted by molar-refractivity contribution is 6.31. The number of aromatic nitrogens is 5. The summed E-state index contributed by atoms with van der Waals surface area (Å²) < 4.78 is 4.36. The molecular weight excluding hydrogens is 520 g/mol. The number of fused-ring (bicyclic) bond motifs is 2. The zero-order valence-corrected chi connectivity index (χ0v) is 23.6. The van der Waals surface area contributed by atoms with Gasteiger partial charge >= 0.3 is 0 Å². The van der Waals surface area contributed by atoms with Gasteiger partial charge in [-0.15, -0.1) is 0 Å². The molecule has 3 N–H and O–H groups in total. The van der Waals surface area contributed by atoms with Gasteiger partial charge in [-0.05, 0) is 75.5 Å². The molecule has 0 aliphatic carbocycles. The van der Waals surface area contributed by atoms with Crippen LogP contribution in [0.25, 0.3) is 33.2 Å². The van der Waals surface area contributed by atoms with Crippen molar-refractivity contribution in [2.24, 2.45) is 0 Å². The molecule has 2 aromatic carbocycles. The first-order chi connectivity index (χ1) is 19.6. The Hall–Kier alpha value is -3.46. The summed E-state index contributed by atoms with van der Waals surface area (Å²) in [4.78, 5) is 11.8. The molecule has 2 saturated heterocycles. The second kappa shape index (κ2) is 10.5. The molecule has 5 aromatic rings. The van der Waals surface area contributed by atoms with Crippen molar-refractivity contribution in [2.75, 3.05) is 25.4 Å². The van der Waals surface area contributed by atoms with Crippen LogP contribution >= 0.6 is 11.6 Å². The maximum Gasteiger partial charge on any atom is 0.164 e. The summed E-state index contributed by atoms with van der Waals surface area (Å²) in [5.41, 5.74) is 11.4. The fourth-order valence-corrected chi connectivity index (χ4v) is 7.01. The Morgan fingerprint density at radius 3 is 2.70 bits per heavy atom. The summed E-state index contributed by atoms with van der Waals surface area (Å²) in [5, 5.41) is 11.5. The third kappa shape index (κ3) is 4.54. The lowest BCUT2D eigenvalue weighted by atomic mass is 9.93. The van der Waals surface area contributed by atoms with Crippen LogP contribution in [0.2, 0.25) is 5.02 Å². The molecule has 206 valence electrons. The summed E-state index contributed by atoms with van der Waals surface area (Å²) in [5.74, 6) is 0.475. The van der Waals surface area contributed by atoms with E-state index in [4.69, 9.17) is 22.4 Å². The first kappa shape index (κ1) is 25.5. The van der Waals surface area contributed by atoms with Gasteiger partial charge < -0.3 is 15.6 Å². The van der Waals surface area contributed by atoms with Gasteiger partial charge in [-0.3, -0.25) is 4.90 Å². The van der Waals surface area contributed by atoms with E-state index >= 15 is 0 Å². The van der Waals surface area contributed by atoms with Crippen LogP contribution in [0.1, 0.15) is 44.2 Å². The molecule has 3 aromatic heterocycles. The molecule has 2 unspecified atom stereocenters. The Balaban J connectivity index is 1.21. The maximum atomic E-state index is 6.47. The van der Waals surface area contributed by atoms with Gasteiger partial charge in [-0.1, -0.05) is 35.9 Å². The van der Waals surface area contributed by atoms with E-state index in [0.717, 1.165) is 82.8 Å². The number of halogens is 1. The molecule has 2 atom stereocenters. The summed E-state index contributed by atoms with van der Waals surface area (Å²) in [6, 6.07) is 18.1. The van der Waals surface area contributed by atoms with Crippen LogP contribution in [0, 0.1) is 0 Å².